The van der Waals surface area contributed by atoms with E-state index in [1.54, 1.807) is 14.2 Å². The summed E-state index contributed by atoms with van der Waals surface area (Å²) in [7, 11) is 3.34. The largest absolute Gasteiger partial charge is 0.481 e. The van der Waals surface area contributed by atoms with Gasteiger partial charge in [-0.25, -0.2) is 9.78 Å². The van der Waals surface area contributed by atoms with Crippen LogP contribution in [-0.4, -0.2) is 73.4 Å². The molecule has 2 saturated heterocycles. The van der Waals surface area contributed by atoms with E-state index in [1.165, 1.54) is 11.1 Å². The number of carbonyl (C=O) groups excluding carboxylic acids is 1. The summed E-state index contributed by atoms with van der Waals surface area (Å²) in [5, 5.41) is 3.91. The van der Waals surface area contributed by atoms with Crippen LogP contribution in [0.25, 0.3) is 11.3 Å². The van der Waals surface area contributed by atoms with E-state index in [-0.39, 0.29) is 17.6 Å². The molecule has 9 heteroatoms. The van der Waals surface area contributed by atoms with Crippen molar-refractivity contribution in [3.8, 4) is 17.1 Å². The third-order valence-electron chi connectivity index (χ3n) is 7.09. The van der Waals surface area contributed by atoms with Gasteiger partial charge in [0, 0.05) is 54.9 Å². The zero-order valence-corrected chi connectivity index (χ0v) is 21.2. The number of methoxy groups -OCH3 is 2. The van der Waals surface area contributed by atoms with Crippen molar-refractivity contribution in [2.24, 2.45) is 0 Å². The number of amides is 2. The zero-order chi connectivity index (χ0) is 23.2. The van der Waals surface area contributed by atoms with E-state index >= 15 is 0 Å². The molecule has 2 atom stereocenters. The van der Waals surface area contributed by atoms with Gasteiger partial charge in [-0.05, 0) is 52.9 Å². The Bertz CT molecular complexity index is 1080. The molecule has 176 valence electrons. The lowest BCUT2D eigenvalue weighted by atomic mass is 10.00. The average Bonchev–Trinajstić information content (AvgIpc) is 3.50. The average molecular weight is 536 g/mol. The maximum atomic E-state index is 12.5. The fourth-order valence-corrected chi connectivity index (χ4v) is 6.10. The summed E-state index contributed by atoms with van der Waals surface area (Å²) < 4.78 is 11.8. The quantitative estimate of drug-likeness (QED) is 0.598. The number of hydrogen-bond donors (Lipinski definition) is 1. The topological polar surface area (TPSA) is 66.9 Å². The van der Waals surface area contributed by atoms with Crippen molar-refractivity contribution in [3.05, 3.63) is 44.9 Å². The number of benzene rings is 1. The van der Waals surface area contributed by atoms with Crippen LogP contribution in [0.2, 0.25) is 5.02 Å². The Labute approximate surface area is 207 Å². The van der Waals surface area contributed by atoms with E-state index < -0.39 is 0 Å². The first-order valence-corrected chi connectivity index (χ1v) is 12.4. The van der Waals surface area contributed by atoms with Gasteiger partial charge < -0.3 is 19.7 Å². The van der Waals surface area contributed by atoms with Crippen molar-refractivity contribution in [1.29, 1.82) is 0 Å². The van der Waals surface area contributed by atoms with Gasteiger partial charge in [-0.1, -0.05) is 23.7 Å². The van der Waals surface area contributed by atoms with Crippen LogP contribution in [0.1, 0.15) is 30.0 Å². The standard InChI is InChI=1S/C24H28BrClN4O3/c1-32-11-10-30-14-24(28-23(30)31)8-9-29(13-24)19-7-6-15-12-18(27-22(33-2)20(15)19)16-4-3-5-17(25)21(16)26/h3-5,12,19H,6-11,13-14H2,1-2H3,(H,28,31)/t19?,24-/m1/s1. The van der Waals surface area contributed by atoms with Crippen molar-refractivity contribution in [2.75, 3.05) is 47.0 Å². The molecule has 2 amide bonds. The van der Waals surface area contributed by atoms with Crippen LogP contribution in [0.5, 0.6) is 5.88 Å². The monoisotopic (exact) mass is 534 g/mol. The lowest BCUT2D eigenvalue weighted by molar-refractivity contribution is 0.158. The molecule has 7 nitrogen and oxygen atoms in total. The minimum absolute atomic E-state index is 0.00973. The molecule has 0 bridgehead atoms. The smallest absolute Gasteiger partial charge is 0.318 e. The minimum Gasteiger partial charge on any atom is -0.481 e. The first kappa shape index (κ1) is 22.9. The summed E-state index contributed by atoms with van der Waals surface area (Å²) in [4.78, 5) is 21.7. The summed E-state index contributed by atoms with van der Waals surface area (Å²) in [6.07, 6.45) is 2.92. The molecule has 33 heavy (non-hydrogen) atoms. The van der Waals surface area contributed by atoms with Crippen molar-refractivity contribution < 1.29 is 14.3 Å². The second-order valence-corrected chi connectivity index (χ2v) is 10.3. The highest BCUT2D eigenvalue weighted by Crippen LogP contribution is 2.45. The number of urea groups is 1. The van der Waals surface area contributed by atoms with E-state index in [0.29, 0.717) is 24.1 Å². The summed E-state index contributed by atoms with van der Waals surface area (Å²) in [6.45, 7) is 3.66. The van der Waals surface area contributed by atoms with E-state index in [0.717, 1.165) is 54.6 Å². The molecule has 3 aliphatic rings. The number of halogens is 2. The van der Waals surface area contributed by atoms with Crippen LogP contribution in [-0.2, 0) is 11.2 Å². The molecule has 2 fully saturated rings. The molecule has 1 spiro atoms. The number of nitrogens with zero attached hydrogens (tertiary/aromatic N) is 3. The van der Waals surface area contributed by atoms with Gasteiger partial charge in [-0.15, -0.1) is 0 Å². The lowest BCUT2D eigenvalue weighted by Gasteiger charge is -2.28. The van der Waals surface area contributed by atoms with Gasteiger partial charge in [-0.3, -0.25) is 4.90 Å². The molecule has 0 radical (unpaired) electrons. The number of ether oxygens (including phenoxy) is 2. The van der Waals surface area contributed by atoms with Gasteiger partial charge in [0.2, 0.25) is 5.88 Å². The minimum atomic E-state index is -0.196. The third kappa shape index (κ3) is 4.11. The normalized spacial score (nSPS) is 24.5. The molecule has 3 heterocycles. The first-order chi connectivity index (χ1) is 15.9. The van der Waals surface area contributed by atoms with E-state index in [9.17, 15) is 4.79 Å². The predicted octanol–water partition coefficient (Wildman–Crippen LogP) is 4.28. The summed E-state index contributed by atoms with van der Waals surface area (Å²) in [5.74, 6) is 0.666. The van der Waals surface area contributed by atoms with Gasteiger partial charge in [0.1, 0.15) is 0 Å². The Kier molecular flexibility index (Phi) is 6.29. The van der Waals surface area contributed by atoms with Gasteiger partial charge in [0.05, 0.1) is 30.0 Å². The highest BCUT2D eigenvalue weighted by Gasteiger charge is 2.49. The van der Waals surface area contributed by atoms with Gasteiger partial charge in [-0.2, -0.15) is 0 Å². The summed E-state index contributed by atoms with van der Waals surface area (Å²) >= 11 is 10.1. The highest BCUT2D eigenvalue weighted by molar-refractivity contribution is 9.10. The number of fused-ring (bicyclic) bond motifs is 1. The second-order valence-electron chi connectivity index (χ2n) is 9.09. The third-order valence-corrected chi connectivity index (χ3v) is 8.39. The number of aryl methyl sites for hydroxylation is 1. The Balaban J connectivity index is 1.39. The van der Waals surface area contributed by atoms with Crippen LogP contribution in [0.4, 0.5) is 4.79 Å². The number of rotatable bonds is 6. The molecule has 1 aliphatic carbocycles. The van der Waals surface area contributed by atoms with Crippen LogP contribution >= 0.6 is 27.5 Å². The molecule has 0 saturated carbocycles. The molecule has 1 unspecified atom stereocenters. The van der Waals surface area contributed by atoms with E-state index in [2.05, 4.69) is 32.2 Å². The summed E-state index contributed by atoms with van der Waals surface area (Å²) in [6, 6.07) is 8.27. The molecular weight excluding hydrogens is 508 g/mol. The van der Waals surface area contributed by atoms with Crippen molar-refractivity contribution in [2.45, 2.75) is 30.8 Å². The number of aromatic nitrogens is 1. The molecule has 1 aromatic heterocycles. The molecule has 1 N–H and O–H groups in total. The molecule has 5 rings (SSSR count). The van der Waals surface area contributed by atoms with Crippen LogP contribution in [0.3, 0.4) is 0 Å². The predicted molar refractivity (Wildman–Crippen MR) is 131 cm³/mol. The van der Waals surface area contributed by atoms with E-state index in [4.69, 9.17) is 26.1 Å². The van der Waals surface area contributed by atoms with E-state index in [1.807, 2.05) is 23.1 Å². The summed E-state index contributed by atoms with van der Waals surface area (Å²) in [5.41, 5.74) is 3.95. The van der Waals surface area contributed by atoms with Crippen LogP contribution < -0.4 is 10.1 Å². The Hall–Kier alpha value is -1.87. The fraction of sp³-hybridized carbons (Fsp3) is 0.500. The number of carbonyl (C=O) groups is 1. The van der Waals surface area contributed by atoms with Gasteiger partial charge in [0.25, 0.3) is 0 Å². The highest BCUT2D eigenvalue weighted by atomic mass is 79.9. The van der Waals surface area contributed by atoms with Crippen LogP contribution in [0.15, 0.2) is 28.7 Å². The molecule has 2 aliphatic heterocycles. The number of likely N-dealkylation sites (tertiary alicyclic amines) is 1. The maximum Gasteiger partial charge on any atom is 0.318 e. The van der Waals surface area contributed by atoms with Crippen LogP contribution in [0, 0.1) is 0 Å². The molecular formula is C24H28BrClN4O3. The lowest BCUT2D eigenvalue weighted by Crippen LogP contribution is -2.46. The first-order valence-electron chi connectivity index (χ1n) is 11.3. The zero-order valence-electron chi connectivity index (χ0n) is 18.9. The maximum absolute atomic E-state index is 12.5. The Morgan fingerprint density at radius 2 is 2.18 bits per heavy atom. The van der Waals surface area contributed by atoms with Gasteiger partial charge in [0.15, 0.2) is 0 Å². The fourth-order valence-electron chi connectivity index (χ4n) is 5.51. The molecule has 1 aromatic carbocycles. The SMILES string of the molecule is COCCN1C[C@]2(CCN(C3CCc4cc(-c5cccc(Br)c5Cl)nc(OC)c43)C2)NC1=O. The number of hydrogen-bond acceptors (Lipinski definition) is 5. The molecule has 2 aromatic rings. The Morgan fingerprint density at radius 3 is 2.97 bits per heavy atom. The number of pyridine rings is 1. The van der Waals surface area contributed by atoms with Gasteiger partial charge >= 0.3 is 6.03 Å². The number of nitrogens with one attached hydrogen (secondary N) is 1. The van der Waals surface area contributed by atoms with Crippen molar-refractivity contribution in [3.63, 3.8) is 0 Å². The second kappa shape index (κ2) is 9.06. The Morgan fingerprint density at radius 1 is 1.33 bits per heavy atom. The van der Waals surface area contributed by atoms with Crippen molar-refractivity contribution >= 4 is 33.6 Å². The van der Waals surface area contributed by atoms with Crippen molar-refractivity contribution in [1.82, 2.24) is 20.1 Å².